The van der Waals surface area contributed by atoms with Crippen LogP contribution in [0.4, 0.5) is 5.82 Å². The van der Waals surface area contributed by atoms with Crippen LogP contribution in [0.3, 0.4) is 0 Å². The molecule has 1 saturated heterocycles. The van der Waals surface area contributed by atoms with E-state index in [1.54, 1.807) is 0 Å². The second-order valence-electron chi connectivity index (χ2n) is 5.28. The summed E-state index contributed by atoms with van der Waals surface area (Å²) < 4.78 is 0. The Morgan fingerprint density at radius 2 is 1.95 bits per heavy atom. The van der Waals surface area contributed by atoms with Gasteiger partial charge in [-0.3, -0.25) is 0 Å². The number of hydrogen-bond donors (Lipinski definition) is 2. The largest absolute Gasteiger partial charge is 0.364 e. The fourth-order valence-corrected chi connectivity index (χ4v) is 2.64. The molecule has 2 unspecified atom stereocenters. The average Bonchev–Trinajstić information content (AvgIpc) is 2.42. The third-order valence-electron chi connectivity index (χ3n) is 3.83. The van der Waals surface area contributed by atoms with Gasteiger partial charge in [-0.1, -0.05) is 12.1 Å². The molecule has 4 heteroatoms. The molecule has 2 aromatic rings. The van der Waals surface area contributed by atoms with Crippen LogP contribution in [0.15, 0.2) is 24.3 Å². The maximum atomic E-state index is 4.70. The lowest BCUT2D eigenvalue weighted by molar-refractivity contribution is 0.388. The molecule has 2 atom stereocenters. The minimum absolute atomic E-state index is 0.433. The molecule has 0 radical (unpaired) electrons. The Kier molecular flexibility index (Phi) is 3.34. The van der Waals surface area contributed by atoms with Crippen LogP contribution in [-0.2, 0) is 0 Å². The monoisotopic (exact) mass is 256 g/mol. The van der Waals surface area contributed by atoms with Crippen LogP contribution in [0.1, 0.15) is 25.5 Å². The third-order valence-corrected chi connectivity index (χ3v) is 3.83. The Morgan fingerprint density at radius 1 is 1.21 bits per heavy atom. The topological polar surface area (TPSA) is 49.8 Å². The number of aromatic nitrogens is 2. The highest BCUT2D eigenvalue weighted by atomic mass is 15.1. The number of nitrogens with one attached hydrogen (secondary N) is 2. The van der Waals surface area contributed by atoms with Crippen molar-refractivity contribution in [1.82, 2.24) is 15.3 Å². The standard InChI is InChI=1S/C15H20N4/c1-10-12(8-5-9-16-10)18-15-11(2)17-13-6-3-4-7-14(13)19-15/h3-4,6-7,10,12,16H,5,8-9H2,1-2H3,(H,18,19). The number of piperidine rings is 1. The van der Waals surface area contributed by atoms with Crippen LogP contribution >= 0.6 is 0 Å². The van der Waals surface area contributed by atoms with E-state index in [9.17, 15) is 0 Å². The minimum atomic E-state index is 0.433. The van der Waals surface area contributed by atoms with Gasteiger partial charge in [0, 0.05) is 12.1 Å². The molecule has 4 nitrogen and oxygen atoms in total. The fraction of sp³-hybridized carbons (Fsp3) is 0.467. The summed E-state index contributed by atoms with van der Waals surface area (Å²) in [7, 11) is 0. The molecule has 100 valence electrons. The molecule has 0 saturated carbocycles. The van der Waals surface area contributed by atoms with E-state index in [2.05, 4.69) is 22.5 Å². The number of nitrogens with zero attached hydrogens (tertiary/aromatic N) is 2. The fourth-order valence-electron chi connectivity index (χ4n) is 2.64. The van der Waals surface area contributed by atoms with Crippen molar-refractivity contribution in [2.75, 3.05) is 11.9 Å². The van der Waals surface area contributed by atoms with Crippen LogP contribution in [0.2, 0.25) is 0 Å². The summed E-state index contributed by atoms with van der Waals surface area (Å²) in [6.45, 7) is 5.35. The van der Waals surface area contributed by atoms with E-state index < -0.39 is 0 Å². The Balaban J connectivity index is 1.89. The normalized spacial score (nSPS) is 23.5. The van der Waals surface area contributed by atoms with Crippen LogP contribution < -0.4 is 10.6 Å². The van der Waals surface area contributed by atoms with Crippen LogP contribution in [0.25, 0.3) is 11.0 Å². The first-order valence-electron chi connectivity index (χ1n) is 6.97. The number of benzene rings is 1. The smallest absolute Gasteiger partial charge is 0.148 e. The third kappa shape index (κ3) is 2.54. The van der Waals surface area contributed by atoms with Crippen molar-refractivity contribution >= 4 is 16.9 Å². The molecule has 1 aliphatic rings. The van der Waals surface area contributed by atoms with Crippen molar-refractivity contribution in [2.45, 2.75) is 38.8 Å². The van der Waals surface area contributed by atoms with Crippen molar-refractivity contribution in [3.63, 3.8) is 0 Å². The maximum absolute atomic E-state index is 4.70. The summed E-state index contributed by atoms with van der Waals surface area (Å²) in [5, 5.41) is 7.05. The molecule has 1 aromatic heterocycles. The van der Waals surface area contributed by atoms with E-state index in [4.69, 9.17) is 4.98 Å². The summed E-state index contributed by atoms with van der Waals surface area (Å²) in [6.07, 6.45) is 2.39. The van der Waals surface area contributed by atoms with Gasteiger partial charge in [-0.05, 0) is 45.4 Å². The lowest BCUT2D eigenvalue weighted by Crippen LogP contribution is -2.46. The molecule has 1 aliphatic heterocycles. The average molecular weight is 256 g/mol. The van der Waals surface area contributed by atoms with Gasteiger partial charge in [0.15, 0.2) is 0 Å². The van der Waals surface area contributed by atoms with E-state index in [1.165, 1.54) is 12.8 Å². The van der Waals surface area contributed by atoms with Gasteiger partial charge in [-0.15, -0.1) is 0 Å². The van der Waals surface area contributed by atoms with Crippen molar-refractivity contribution in [2.24, 2.45) is 0 Å². The molecule has 3 rings (SSSR count). The molecular formula is C15H20N4. The Labute approximate surface area is 113 Å². The summed E-state index contributed by atoms with van der Waals surface area (Å²) in [4.78, 5) is 9.32. The quantitative estimate of drug-likeness (QED) is 0.866. The van der Waals surface area contributed by atoms with E-state index in [-0.39, 0.29) is 0 Å². The SMILES string of the molecule is Cc1nc2ccccc2nc1NC1CCCNC1C. The minimum Gasteiger partial charge on any atom is -0.364 e. The molecule has 2 heterocycles. The van der Waals surface area contributed by atoms with Gasteiger partial charge in [0.1, 0.15) is 5.82 Å². The number of rotatable bonds is 2. The molecule has 0 amide bonds. The van der Waals surface area contributed by atoms with Crippen LogP contribution in [0.5, 0.6) is 0 Å². The molecule has 0 aliphatic carbocycles. The van der Waals surface area contributed by atoms with E-state index in [0.29, 0.717) is 12.1 Å². The van der Waals surface area contributed by atoms with Crippen molar-refractivity contribution in [3.05, 3.63) is 30.0 Å². The lowest BCUT2D eigenvalue weighted by atomic mass is 10.00. The summed E-state index contributed by atoms with van der Waals surface area (Å²) in [5.41, 5.74) is 2.88. The maximum Gasteiger partial charge on any atom is 0.148 e. The lowest BCUT2D eigenvalue weighted by Gasteiger charge is -2.31. The van der Waals surface area contributed by atoms with Gasteiger partial charge < -0.3 is 10.6 Å². The van der Waals surface area contributed by atoms with E-state index in [1.807, 2.05) is 31.2 Å². The highest BCUT2D eigenvalue weighted by molar-refractivity contribution is 5.76. The van der Waals surface area contributed by atoms with E-state index >= 15 is 0 Å². The van der Waals surface area contributed by atoms with Gasteiger partial charge in [0.05, 0.1) is 16.7 Å². The van der Waals surface area contributed by atoms with Gasteiger partial charge in [0.2, 0.25) is 0 Å². The predicted octanol–water partition coefficient (Wildman–Crippen LogP) is 2.49. The second kappa shape index (κ2) is 5.13. The first-order valence-corrected chi connectivity index (χ1v) is 6.97. The number of para-hydroxylation sites is 2. The highest BCUT2D eigenvalue weighted by Crippen LogP contribution is 2.19. The van der Waals surface area contributed by atoms with Gasteiger partial charge in [-0.2, -0.15) is 0 Å². The highest BCUT2D eigenvalue weighted by Gasteiger charge is 2.21. The van der Waals surface area contributed by atoms with Crippen molar-refractivity contribution in [1.29, 1.82) is 0 Å². The first-order chi connectivity index (χ1) is 9.24. The zero-order chi connectivity index (χ0) is 13.2. The number of anilines is 1. The Morgan fingerprint density at radius 3 is 2.68 bits per heavy atom. The van der Waals surface area contributed by atoms with Crippen molar-refractivity contribution < 1.29 is 0 Å². The predicted molar refractivity (Wildman–Crippen MR) is 78.4 cm³/mol. The molecule has 19 heavy (non-hydrogen) atoms. The number of aryl methyl sites for hydroxylation is 1. The summed E-state index contributed by atoms with van der Waals surface area (Å²) in [6, 6.07) is 8.92. The van der Waals surface area contributed by atoms with Crippen LogP contribution in [0, 0.1) is 6.92 Å². The molecule has 0 bridgehead atoms. The molecule has 1 aromatic carbocycles. The van der Waals surface area contributed by atoms with Gasteiger partial charge >= 0.3 is 0 Å². The summed E-state index contributed by atoms with van der Waals surface area (Å²) >= 11 is 0. The Bertz CT molecular complexity index is 581. The molecule has 2 N–H and O–H groups in total. The molecule has 0 spiro atoms. The van der Waals surface area contributed by atoms with Crippen molar-refractivity contribution in [3.8, 4) is 0 Å². The van der Waals surface area contributed by atoms with Crippen LogP contribution in [-0.4, -0.2) is 28.6 Å². The summed E-state index contributed by atoms with van der Waals surface area (Å²) in [5.74, 6) is 0.916. The Hall–Kier alpha value is -1.68. The zero-order valence-corrected chi connectivity index (χ0v) is 11.5. The molecular weight excluding hydrogens is 236 g/mol. The zero-order valence-electron chi connectivity index (χ0n) is 11.5. The second-order valence-corrected chi connectivity index (χ2v) is 5.28. The number of hydrogen-bond acceptors (Lipinski definition) is 4. The van der Waals surface area contributed by atoms with Gasteiger partial charge in [-0.25, -0.2) is 9.97 Å². The molecule has 1 fully saturated rings. The van der Waals surface area contributed by atoms with E-state index in [0.717, 1.165) is 29.1 Å². The number of fused-ring (bicyclic) bond motifs is 1. The van der Waals surface area contributed by atoms with Gasteiger partial charge in [0.25, 0.3) is 0 Å². The first kappa shape index (κ1) is 12.4.